The van der Waals surface area contributed by atoms with Gasteiger partial charge in [0.2, 0.25) is 0 Å². The van der Waals surface area contributed by atoms with E-state index in [2.05, 4.69) is 20.8 Å². The van der Waals surface area contributed by atoms with Crippen LogP contribution in [0.2, 0.25) is 0 Å². The van der Waals surface area contributed by atoms with E-state index in [0.717, 1.165) is 70.6 Å². The Hall–Kier alpha value is -1.10. The molecule has 0 fully saturated rings. The molecular weight excluding hydrogens is 594 g/mol. The topological polar surface area (TPSA) is 78.6 Å². The Kier molecular flexibility index (Phi) is 37.8. The summed E-state index contributed by atoms with van der Waals surface area (Å²) in [4.78, 5) is 24.6. The molecule has 0 aromatic carbocycles. The molecule has 5 heteroatoms. The minimum Gasteiger partial charge on any atom is -0.466 e. The van der Waals surface area contributed by atoms with E-state index in [1.807, 2.05) is 0 Å². The van der Waals surface area contributed by atoms with Crippen molar-refractivity contribution >= 4 is 11.9 Å². The molecular formula is C43H85NO4. The summed E-state index contributed by atoms with van der Waals surface area (Å²) in [6.07, 6.45) is 41.0. The van der Waals surface area contributed by atoms with Crippen molar-refractivity contribution in [1.82, 2.24) is 0 Å². The van der Waals surface area contributed by atoms with E-state index in [1.165, 1.54) is 141 Å². The molecule has 0 aliphatic carbocycles. The Morgan fingerprint density at radius 1 is 0.417 bits per heavy atom. The van der Waals surface area contributed by atoms with Crippen LogP contribution in [-0.4, -0.2) is 30.7 Å². The molecule has 0 rings (SSSR count). The summed E-state index contributed by atoms with van der Waals surface area (Å²) in [5.74, 6) is -0.0145. The molecule has 0 spiro atoms. The van der Waals surface area contributed by atoms with Crippen LogP contribution in [0.25, 0.3) is 0 Å². The Bertz CT molecular complexity index is 653. The molecule has 0 saturated heterocycles. The normalized spacial score (nSPS) is 12.1. The van der Waals surface area contributed by atoms with E-state index in [-0.39, 0.29) is 24.1 Å². The van der Waals surface area contributed by atoms with Crippen molar-refractivity contribution in [3.63, 3.8) is 0 Å². The Labute approximate surface area is 300 Å². The van der Waals surface area contributed by atoms with E-state index in [4.69, 9.17) is 15.2 Å². The number of esters is 2. The first-order valence-corrected chi connectivity index (χ1v) is 21.6. The Balaban J connectivity index is 3.76. The fourth-order valence-electron chi connectivity index (χ4n) is 6.69. The van der Waals surface area contributed by atoms with Gasteiger partial charge in [0.05, 0.1) is 6.61 Å². The summed E-state index contributed by atoms with van der Waals surface area (Å²) in [5, 5.41) is 0. The molecule has 2 N–H and O–H groups in total. The van der Waals surface area contributed by atoms with Crippen molar-refractivity contribution in [3.05, 3.63) is 0 Å². The van der Waals surface area contributed by atoms with Crippen molar-refractivity contribution < 1.29 is 19.1 Å². The lowest BCUT2D eigenvalue weighted by Gasteiger charge is -2.18. The molecule has 1 unspecified atom stereocenters. The highest BCUT2D eigenvalue weighted by Crippen LogP contribution is 2.19. The van der Waals surface area contributed by atoms with Gasteiger partial charge < -0.3 is 15.2 Å². The number of nitrogens with two attached hydrogens (primary N) is 1. The molecule has 0 bridgehead atoms. The maximum atomic E-state index is 12.6. The first kappa shape index (κ1) is 46.9. The third-order valence-corrected chi connectivity index (χ3v) is 9.98. The molecule has 0 heterocycles. The van der Waals surface area contributed by atoms with Gasteiger partial charge in [0.1, 0.15) is 6.10 Å². The van der Waals surface area contributed by atoms with Gasteiger partial charge in [-0.3, -0.25) is 9.59 Å². The number of carbonyl (C=O) groups excluding carboxylic acids is 2. The standard InChI is InChI=1S/C43H85NO4/c1-4-7-10-13-16-17-18-24-32-39-47-42(45)37-31-25-27-34-40(44)33-26-20-19-23-30-38-43(46)48-41(35-28-21-14-11-8-5-2)36-29-22-15-12-9-6-3/h40-41H,4-39,44H2,1-3H3. The molecule has 0 radical (unpaired) electrons. The zero-order valence-corrected chi connectivity index (χ0v) is 32.8. The SMILES string of the molecule is CCCCCCCCCCCOC(=O)CCCCCC(N)CCCCCCCC(=O)OC(CCCCCCCC)CCCCCCCC. The average Bonchev–Trinajstić information content (AvgIpc) is 3.07. The van der Waals surface area contributed by atoms with Gasteiger partial charge in [-0.05, 0) is 57.8 Å². The van der Waals surface area contributed by atoms with Crippen LogP contribution in [-0.2, 0) is 19.1 Å². The van der Waals surface area contributed by atoms with Gasteiger partial charge in [-0.25, -0.2) is 0 Å². The van der Waals surface area contributed by atoms with Gasteiger partial charge in [-0.1, -0.05) is 175 Å². The van der Waals surface area contributed by atoms with Crippen LogP contribution < -0.4 is 5.73 Å². The number of hydrogen-bond acceptors (Lipinski definition) is 5. The molecule has 0 aliphatic rings. The lowest BCUT2D eigenvalue weighted by atomic mass is 10.0. The van der Waals surface area contributed by atoms with Gasteiger partial charge in [-0.15, -0.1) is 0 Å². The lowest BCUT2D eigenvalue weighted by molar-refractivity contribution is -0.150. The maximum absolute atomic E-state index is 12.6. The molecule has 0 aromatic rings. The van der Waals surface area contributed by atoms with Crippen molar-refractivity contribution in [2.45, 2.75) is 258 Å². The zero-order chi connectivity index (χ0) is 35.2. The van der Waals surface area contributed by atoms with Crippen LogP contribution in [0, 0.1) is 0 Å². The van der Waals surface area contributed by atoms with Crippen LogP contribution in [0.5, 0.6) is 0 Å². The van der Waals surface area contributed by atoms with E-state index in [9.17, 15) is 9.59 Å². The lowest BCUT2D eigenvalue weighted by Crippen LogP contribution is -2.19. The largest absolute Gasteiger partial charge is 0.466 e. The summed E-state index contributed by atoms with van der Waals surface area (Å²) < 4.78 is 11.4. The summed E-state index contributed by atoms with van der Waals surface area (Å²) in [5.41, 5.74) is 6.37. The summed E-state index contributed by atoms with van der Waals surface area (Å²) in [6, 6.07) is 0.258. The Morgan fingerprint density at radius 2 is 0.750 bits per heavy atom. The highest BCUT2D eigenvalue weighted by Gasteiger charge is 2.14. The van der Waals surface area contributed by atoms with Gasteiger partial charge in [0.25, 0.3) is 0 Å². The second kappa shape index (κ2) is 38.7. The van der Waals surface area contributed by atoms with Crippen LogP contribution in [0.1, 0.15) is 245 Å². The van der Waals surface area contributed by atoms with Gasteiger partial charge in [-0.2, -0.15) is 0 Å². The fraction of sp³-hybridized carbons (Fsp3) is 0.953. The number of carbonyl (C=O) groups is 2. The quantitative estimate of drug-likeness (QED) is 0.0517. The zero-order valence-electron chi connectivity index (χ0n) is 32.8. The number of hydrogen-bond donors (Lipinski definition) is 1. The molecule has 0 amide bonds. The fourth-order valence-corrected chi connectivity index (χ4v) is 6.69. The third kappa shape index (κ3) is 36.2. The first-order valence-electron chi connectivity index (χ1n) is 21.6. The maximum Gasteiger partial charge on any atom is 0.306 e. The minimum atomic E-state index is -0.0340. The molecule has 1 atom stereocenters. The molecule has 0 aromatic heterocycles. The predicted octanol–water partition coefficient (Wildman–Crippen LogP) is 13.5. The molecule has 5 nitrogen and oxygen atoms in total. The van der Waals surface area contributed by atoms with Crippen LogP contribution in [0.15, 0.2) is 0 Å². The second-order valence-corrected chi connectivity index (χ2v) is 14.9. The number of unbranched alkanes of at least 4 members (excludes halogenated alkanes) is 24. The monoisotopic (exact) mass is 680 g/mol. The summed E-state index contributed by atoms with van der Waals surface area (Å²) >= 11 is 0. The molecule has 48 heavy (non-hydrogen) atoms. The van der Waals surface area contributed by atoms with E-state index < -0.39 is 0 Å². The summed E-state index contributed by atoms with van der Waals surface area (Å²) in [6.45, 7) is 7.37. The second-order valence-electron chi connectivity index (χ2n) is 14.9. The number of rotatable bonds is 39. The molecule has 0 aliphatic heterocycles. The van der Waals surface area contributed by atoms with Crippen LogP contribution in [0.4, 0.5) is 0 Å². The predicted molar refractivity (Wildman–Crippen MR) is 207 cm³/mol. The molecule has 0 saturated carbocycles. The first-order chi connectivity index (χ1) is 23.5. The van der Waals surface area contributed by atoms with E-state index in [0.29, 0.717) is 19.4 Å². The van der Waals surface area contributed by atoms with Crippen LogP contribution in [0.3, 0.4) is 0 Å². The minimum absolute atomic E-state index is 0.0195. The van der Waals surface area contributed by atoms with E-state index >= 15 is 0 Å². The summed E-state index contributed by atoms with van der Waals surface area (Å²) in [7, 11) is 0. The average molecular weight is 680 g/mol. The molecule has 286 valence electrons. The van der Waals surface area contributed by atoms with Gasteiger partial charge in [0, 0.05) is 18.9 Å². The highest BCUT2D eigenvalue weighted by molar-refractivity contribution is 5.69. The Morgan fingerprint density at radius 3 is 1.21 bits per heavy atom. The number of ether oxygens (including phenoxy) is 2. The smallest absolute Gasteiger partial charge is 0.306 e. The van der Waals surface area contributed by atoms with E-state index in [1.54, 1.807) is 0 Å². The van der Waals surface area contributed by atoms with Crippen molar-refractivity contribution in [1.29, 1.82) is 0 Å². The van der Waals surface area contributed by atoms with Crippen molar-refractivity contribution in [2.24, 2.45) is 5.73 Å². The van der Waals surface area contributed by atoms with Crippen molar-refractivity contribution in [3.8, 4) is 0 Å². The van der Waals surface area contributed by atoms with Crippen molar-refractivity contribution in [2.75, 3.05) is 6.61 Å². The van der Waals surface area contributed by atoms with Gasteiger partial charge >= 0.3 is 11.9 Å². The highest BCUT2D eigenvalue weighted by atomic mass is 16.5. The van der Waals surface area contributed by atoms with Crippen LogP contribution >= 0.6 is 0 Å². The third-order valence-electron chi connectivity index (χ3n) is 9.98. The van der Waals surface area contributed by atoms with Gasteiger partial charge in [0.15, 0.2) is 0 Å².